The molecule has 140 valence electrons. The van der Waals surface area contributed by atoms with Crippen LogP contribution in [0.15, 0.2) is 46.9 Å². The van der Waals surface area contributed by atoms with E-state index in [1.54, 1.807) is 36.4 Å². The third-order valence-electron chi connectivity index (χ3n) is 4.46. The highest BCUT2D eigenvalue weighted by molar-refractivity contribution is 9.10. The van der Waals surface area contributed by atoms with E-state index in [-0.39, 0.29) is 42.9 Å². The maximum Gasteiger partial charge on any atom is 0.254 e. The minimum absolute atomic E-state index is 0.144. The highest BCUT2D eigenvalue weighted by Gasteiger charge is 2.30. The van der Waals surface area contributed by atoms with Gasteiger partial charge >= 0.3 is 0 Å². The number of benzene rings is 2. The van der Waals surface area contributed by atoms with Crippen molar-refractivity contribution in [1.29, 1.82) is 0 Å². The molecule has 0 radical (unpaired) electrons. The van der Waals surface area contributed by atoms with Crippen LogP contribution in [-0.4, -0.2) is 29.2 Å². The summed E-state index contributed by atoms with van der Waals surface area (Å²) in [5.41, 5.74) is 1.29. The molecule has 0 saturated carbocycles. The minimum atomic E-state index is -0.370. The van der Waals surface area contributed by atoms with Crippen molar-refractivity contribution in [2.45, 2.75) is 26.3 Å². The summed E-state index contributed by atoms with van der Waals surface area (Å²) in [5, 5.41) is 0. The van der Waals surface area contributed by atoms with Crippen molar-refractivity contribution in [3.05, 3.63) is 63.9 Å². The molecule has 27 heavy (non-hydrogen) atoms. The van der Waals surface area contributed by atoms with Gasteiger partial charge in [0, 0.05) is 41.5 Å². The van der Waals surface area contributed by atoms with Crippen LogP contribution in [0.2, 0.25) is 0 Å². The Balaban J connectivity index is 1.78. The Hall–Kier alpha value is -2.54. The second kappa shape index (κ2) is 8.00. The summed E-state index contributed by atoms with van der Waals surface area (Å²) in [4.78, 5) is 39.1. The predicted molar refractivity (Wildman–Crippen MR) is 103 cm³/mol. The number of anilines is 1. The predicted octanol–water partition coefficient (Wildman–Crippen LogP) is 3.90. The number of halogens is 2. The smallest absolute Gasteiger partial charge is 0.254 e. The zero-order valence-electron chi connectivity index (χ0n) is 14.7. The minimum Gasteiger partial charge on any atom is -0.334 e. The Morgan fingerprint density at radius 3 is 2.33 bits per heavy atom. The fourth-order valence-electron chi connectivity index (χ4n) is 3.00. The Bertz CT molecular complexity index is 883. The van der Waals surface area contributed by atoms with E-state index in [1.807, 2.05) is 6.92 Å². The van der Waals surface area contributed by atoms with Gasteiger partial charge in [-0.15, -0.1) is 0 Å². The summed E-state index contributed by atoms with van der Waals surface area (Å²) in [6, 6.07) is 10.9. The van der Waals surface area contributed by atoms with Gasteiger partial charge in [-0.3, -0.25) is 19.3 Å². The van der Waals surface area contributed by atoms with Crippen LogP contribution in [0.4, 0.5) is 10.1 Å². The summed E-state index contributed by atoms with van der Waals surface area (Å²) >= 11 is 3.31. The summed E-state index contributed by atoms with van der Waals surface area (Å²) < 4.78 is 14.7. The van der Waals surface area contributed by atoms with Crippen molar-refractivity contribution in [1.82, 2.24) is 4.90 Å². The number of carbonyl (C=O) groups excluding carboxylic acids is 3. The molecule has 0 atom stereocenters. The van der Waals surface area contributed by atoms with Gasteiger partial charge in [0.15, 0.2) is 0 Å². The molecule has 0 N–H and O–H groups in total. The van der Waals surface area contributed by atoms with E-state index in [2.05, 4.69) is 15.9 Å². The van der Waals surface area contributed by atoms with E-state index in [9.17, 15) is 18.8 Å². The molecule has 2 aromatic carbocycles. The van der Waals surface area contributed by atoms with Gasteiger partial charge in [0.25, 0.3) is 5.91 Å². The van der Waals surface area contributed by atoms with Crippen molar-refractivity contribution in [3.63, 3.8) is 0 Å². The molecule has 0 unspecified atom stereocenters. The lowest BCUT2D eigenvalue weighted by atomic mass is 10.1. The number of hydrogen-bond acceptors (Lipinski definition) is 3. The zero-order chi connectivity index (χ0) is 19.6. The number of carbonyl (C=O) groups is 3. The van der Waals surface area contributed by atoms with Crippen LogP contribution < -0.4 is 4.90 Å². The van der Waals surface area contributed by atoms with E-state index >= 15 is 0 Å². The molecule has 1 heterocycles. The van der Waals surface area contributed by atoms with Crippen LogP contribution in [0.25, 0.3) is 0 Å². The Labute approximate surface area is 164 Å². The standard InChI is InChI=1S/C20H18BrFN2O3/c1-2-23(12-14-11-15(21)5-8-17(14)22)20(27)13-3-6-16(7-4-13)24-18(25)9-10-19(24)26/h3-8,11H,2,9-10,12H2,1H3. The van der Waals surface area contributed by atoms with Crippen LogP contribution in [0.5, 0.6) is 0 Å². The fourth-order valence-corrected chi connectivity index (χ4v) is 3.41. The van der Waals surface area contributed by atoms with E-state index < -0.39 is 0 Å². The van der Waals surface area contributed by atoms with Crippen LogP contribution in [-0.2, 0) is 16.1 Å². The van der Waals surface area contributed by atoms with Crippen LogP contribution in [0.3, 0.4) is 0 Å². The van der Waals surface area contributed by atoms with Crippen molar-refractivity contribution in [2.24, 2.45) is 0 Å². The first-order chi connectivity index (χ1) is 12.9. The van der Waals surface area contributed by atoms with Crippen molar-refractivity contribution in [2.75, 3.05) is 11.4 Å². The van der Waals surface area contributed by atoms with Gasteiger partial charge in [-0.05, 0) is 49.4 Å². The largest absolute Gasteiger partial charge is 0.334 e. The molecule has 0 bridgehead atoms. The molecule has 2 aromatic rings. The first kappa shape index (κ1) is 19.2. The average Bonchev–Trinajstić information content (AvgIpc) is 3.00. The van der Waals surface area contributed by atoms with Crippen LogP contribution in [0.1, 0.15) is 35.7 Å². The Morgan fingerprint density at radius 1 is 1.11 bits per heavy atom. The van der Waals surface area contributed by atoms with Gasteiger partial charge in [-0.25, -0.2) is 4.39 Å². The topological polar surface area (TPSA) is 57.7 Å². The van der Waals surface area contributed by atoms with Crippen molar-refractivity contribution >= 4 is 39.3 Å². The molecule has 0 spiro atoms. The Morgan fingerprint density at radius 2 is 1.74 bits per heavy atom. The van der Waals surface area contributed by atoms with Gasteiger partial charge < -0.3 is 4.90 Å². The molecule has 1 saturated heterocycles. The number of nitrogens with zero attached hydrogens (tertiary/aromatic N) is 2. The van der Waals surface area contributed by atoms with Gasteiger partial charge in [-0.1, -0.05) is 15.9 Å². The summed E-state index contributed by atoms with van der Waals surface area (Å²) in [6.45, 7) is 2.38. The van der Waals surface area contributed by atoms with Crippen LogP contribution >= 0.6 is 15.9 Å². The first-order valence-corrected chi connectivity index (χ1v) is 9.39. The van der Waals surface area contributed by atoms with E-state index in [4.69, 9.17) is 0 Å². The zero-order valence-corrected chi connectivity index (χ0v) is 16.3. The normalized spacial score (nSPS) is 14.0. The number of hydrogen-bond donors (Lipinski definition) is 0. The average molecular weight is 433 g/mol. The number of rotatable bonds is 5. The maximum absolute atomic E-state index is 14.0. The summed E-state index contributed by atoms with van der Waals surface area (Å²) in [5.74, 6) is -1.09. The second-order valence-electron chi connectivity index (χ2n) is 6.22. The lowest BCUT2D eigenvalue weighted by Crippen LogP contribution is -2.31. The molecule has 5 nitrogen and oxygen atoms in total. The fraction of sp³-hybridized carbons (Fsp3) is 0.250. The molecule has 0 aromatic heterocycles. The maximum atomic E-state index is 14.0. The number of imide groups is 1. The van der Waals surface area contributed by atoms with E-state index in [1.165, 1.54) is 11.0 Å². The highest BCUT2D eigenvalue weighted by atomic mass is 79.9. The molecule has 7 heteroatoms. The van der Waals surface area contributed by atoms with Crippen LogP contribution in [0, 0.1) is 5.82 Å². The number of amides is 3. The first-order valence-electron chi connectivity index (χ1n) is 8.59. The van der Waals surface area contributed by atoms with Gasteiger partial charge in [0.2, 0.25) is 11.8 Å². The third kappa shape index (κ3) is 4.08. The lowest BCUT2D eigenvalue weighted by Gasteiger charge is -2.22. The monoisotopic (exact) mass is 432 g/mol. The van der Waals surface area contributed by atoms with E-state index in [0.717, 1.165) is 9.37 Å². The third-order valence-corrected chi connectivity index (χ3v) is 4.96. The van der Waals surface area contributed by atoms with Gasteiger partial charge in [0.05, 0.1) is 5.69 Å². The molecular formula is C20H18BrFN2O3. The quantitative estimate of drug-likeness (QED) is 0.673. The van der Waals surface area contributed by atoms with Crippen molar-refractivity contribution < 1.29 is 18.8 Å². The molecule has 1 fully saturated rings. The van der Waals surface area contributed by atoms with Gasteiger partial charge in [-0.2, -0.15) is 0 Å². The highest BCUT2D eigenvalue weighted by Crippen LogP contribution is 2.24. The Kier molecular flexibility index (Phi) is 5.70. The van der Waals surface area contributed by atoms with Crippen molar-refractivity contribution in [3.8, 4) is 0 Å². The molecule has 1 aliphatic rings. The molecule has 3 amide bonds. The molecule has 1 aliphatic heterocycles. The summed E-state index contributed by atoms with van der Waals surface area (Å²) in [7, 11) is 0. The molecular weight excluding hydrogens is 415 g/mol. The van der Waals surface area contributed by atoms with Gasteiger partial charge in [0.1, 0.15) is 5.82 Å². The SMILES string of the molecule is CCN(Cc1cc(Br)ccc1F)C(=O)c1ccc(N2C(=O)CCC2=O)cc1. The molecule has 3 rings (SSSR count). The second-order valence-corrected chi connectivity index (χ2v) is 7.14. The molecule has 0 aliphatic carbocycles. The summed E-state index contributed by atoms with van der Waals surface area (Å²) in [6.07, 6.45) is 0.419. The lowest BCUT2D eigenvalue weighted by molar-refractivity contribution is -0.121. The van der Waals surface area contributed by atoms with E-state index in [0.29, 0.717) is 23.4 Å².